The third-order valence-electron chi connectivity index (χ3n) is 6.80. The van der Waals surface area contributed by atoms with Gasteiger partial charge in [0.15, 0.2) is 0 Å². The van der Waals surface area contributed by atoms with Gasteiger partial charge in [-0.3, -0.25) is 0 Å². The molecule has 0 amide bonds. The van der Waals surface area contributed by atoms with Crippen molar-refractivity contribution < 1.29 is 4.74 Å². The van der Waals surface area contributed by atoms with Crippen molar-refractivity contribution in [3.63, 3.8) is 0 Å². The van der Waals surface area contributed by atoms with Crippen molar-refractivity contribution in [2.24, 2.45) is 0 Å². The van der Waals surface area contributed by atoms with Crippen LogP contribution in [0.3, 0.4) is 0 Å². The van der Waals surface area contributed by atoms with Crippen LogP contribution in [-0.4, -0.2) is 5.60 Å². The van der Waals surface area contributed by atoms with E-state index in [4.69, 9.17) is 4.74 Å². The van der Waals surface area contributed by atoms with E-state index < -0.39 is 0 Å². The van der Waals surface area contributed by atoms with E-state index in [9.17, 15) is 5.26 Å². The number of rotatable bonds is 5. The van der Waals surface area contributed by atoms with E-state index >= 15 is 0 Å². The molecule has 2 aromatic carbocycles. The van der Waals surface area contributed by atoms with E-state index in [-0.39, 0.29) is 5.60 Å². The SMILES string of the molecule is CCCCCc1ccc(C2CCc3c(ccc4c3CCC(C)(C)O4)C2)c(C#N)c1. The second-order valence-corrected chi connectivity index (χ2v) is 9.47. The molecule has 1 aliphatic carbocycles. The van der Waals surface area contributed by atoms with Crippen molar-refractivity contribution in [1.29, 1.82) is 5.26 Å². The maximum Gasteiger partial charge on any atom is 0.123 e. The normalized spacial score (nSPS) is 19.6. The average Bonchev–Trinajstić information content (AvgIpc) is 2.72. The molecule has 29 heavy (non-hydrogen) atoms. The van der Waals surface area contributed by atoms with Crippen LogP contribution in [0.15, 0.2) is 30.3 Å². The smallest absolute Gasteiger partial charge is 0.123 e. The van der Waals surface area contributed by atoms with Gasteiger partial charge in [-0.15, -0.1) is 0 Å². The van der Waals surface area contributed by atoms with Gasteiger partial charge in [0.05, 0.1) is 11.6 Å². The first-order chi connectivity index (χ1) is 14.0. The standard InChI is InChI=1S/C27H33NO/c1-4-5-6-7-19-8-11-23(22(16-19)18-28)20-9-12-24-21(17-20)10-13-26-25(24)14-15-27(2,3)29-26/h8,10-11,13,16,20H,4-7,9,12,14-15,17H2,1-3H3. The molecule has 1 unspecified atom stereocenters. The molecule has 1 heterocycles. The molecule has 0 N–H and O–H groups in total. The summed E-state index contributed by atoms with van der Waals surface area (Å²) < 4.78 is 6.24. The molecule has 1 atom stereocenters. The van der Waals surface area contributed by atoms with Gasteiger partial charge in [0.1, 0.15) is 11.4 Å². The average molecular weight is 388 g/mol. The van der Waals surface area contributed by atoms with Gasteiger partial charge < -0.3 is 4.74 Å². The van der Waals surface area contributed by atoms with Crippen LogP contribution in [-0.2, 0) is 25.7 Å². The van der Waals surface area contributed by atoms with Gasteiger partial charge in [-0.05, 0) is 105 Å². The third-order valence-corrected chi connectivity index (χ3v) is 6.80. The van der Waals surface area contributed by atoms with E-state index in [0.717, 1.165) is 49.8 Å². The molecule has 0 bridgehead atoms. The van der Waals surface area contributed by atoms with Crippen LogP contribution in [0.4, 0.5) is 0 Å². The van der Waals surface area contributed by atoms with Crippen molar-refractivity contribution in [1.82, 2.24) is 0 Å². The van der Waals surface area contributed by atoms with Crippen molar-refractivity contribution in [2.45, 2.75) is 90.1 Å². The zero-order valence-electron chi connectivity index (χ0n) is 18.2. The highest BCUT2D eigenvalue weighted by molar-refractivity contribution is 5.50. The Morgan fingerprint density at radius 3 is 2.76 bits per heavy atom. The first-order valence-corrected chi connectivity index (χ1v) is 11.4. The number of fused-ring (bicyclic) bond motifs is 3. The molecule has 0 saturated carbocycles. The van der Waals surface area contributed by atoms with Gasteiger partial charge in [-0.25, -0.2) is 0 Å². The third kappa shape index (κ3) is 4.20. The van der Waals surface area contributed by atoms with Crippen LogP contribution >= 0.6 is 0 Å². The Labute approximate surface area is 175 Å². The number of unbranched alkanes of at least 4 members (excludes halogenated alkanes) is 2. The van der Waals surface area contributed by atoms with Gasteiger partial charge >= 0.3 is 0 Å². The number of aryl methyl sites for hydroxylation is 1. The molecule has 1 aliphatic heterocycles. The van der Waals surface area contributed by atoms with Crippen molar-refractivity contribution in [2.75, 3.05) is 0 Å². The number of ether oxygens (including phenoxy) is 1. The van der Waals surface area contributed by atoms with Crippen molar-refractivity contribution in [3.05, 3.63) is 63.7 Å². The molecule has 0 aromatic heterocycles. The molecule has 0 saturated heterocycles. The molecule has 2 aromatic rings. The summed E-state index contributed by atoms with van der Waals surface area (Å²) in [4.78, 5) is 0. The second kappa shape index (κ2) is 8.23. The lowest BCUT2D eigenvalue weighted by Gasteiger charge is -2.36. The molecular weight excluding hydrogens is 354 g/mol. The van der Waals surface area contributed by atoms with Gasteiger partial charge in [-0.2, -0.15) is 5.26 Å². The lowest BCUT2D eigenvalue weighted by atomic mass is 9.76. The molecule has 0 radical (unpaired) electrons. The monoisotopic (exact) mass is 387 g/mol. The minimum Gasteiger partial charge on any atom is -0.488 e. The molecular formula is C27H33NO. The predicted octanol–water partition coefficient (Wildman–Crippen LogP) is 6.67. The fraction of sp³-hybridized carbons (Fsp3) is 0.519. The van der Waals surface area contributed by atoms with Crippen LogP contribution < -0.4 is 4.74 Å². The molecule has 0 fully saturated rings. The van der Waals surface area contributed by atoms with Crippen LogP contribution in [0.1, 0.15) is 92.2 Å². The fourth-order valence-corrected chi connectivity index (χ4v) is 5.11. The summed E-state index contributed by atoms with van der Waals surface area (Å²) in [5.41, 5.74) is 7.79. The topological polar surface area (TPSA) is 33.0 Å². The Balaban J connectivity index is 1.55. The Kier molecular flexibility index (Phi) is 5.68. The molecule has 2 heteroatoms. The molecule has 152 valence electrons. The van der Waals surface area contributed by atoms with Crippen molar-refractivity contribution >= 4 is 0 Å². The van der Waals surface area contributed by atoms with Crippen LogP contribution in [0.2, 0.25) is 0 Å². The Hall–Kier alpha value is -2.27. The Morgan fingerprint density at radius 2 is 1.97 bits per heavy atom. The minimum absolute atomic E-state index is 0.0565. The highest BCUT2D eigenvalue weighted by atomic mass is 16.5. The zero-order chi connectivity index (χ0) is 20.4. The zero-order valence-corrected chi connectivity index (χ0v) is 18.2. The highest BCUT2D eigenvalue weighted by Gasteiger charge is 2.31. The summed E-state index contributed by atoms with van der Waals surface area (Å²) in [5, 5.41) is 9.78. The maximum absolute atomic E-state index is 9.78. The van der Waals surface area contributed by atoms with E-state index in [0.29, 0.717) is 5.92 Å². The molecule has 0 spiro atoms. The van der Waals surface area contributed by atoms with E-state index in [2.05, 4.69) is 57.2 Å². The Bertz CT molecular complexity index is 934. The number of nitrogens with zero attached hydrogens (tertiary/aromatic N) is 1. The summed E-state index contributed by atoms with van der Waals surface area (Å²) in [5.74, 6) is 1.54. The quantitative estimate of drug-likeness (QED) is 0.537. The van der Waals surface area contributed by atoms with E-state index in [1.165, 1.54) is 47.1 Å². The van der Waals surface area contributed by atoms with Crippen LogP contribution in [0.25, 0.3) is 0 Å². The fourth-order valence-electron chi connectivity index (χ4n) is 5.11. The summed E-state index contributed by atoms with van der Waals surface area (Å²) in [7, 11) is 0. The molecule has 4 rings (SSSR count). The second-order valence-electron chi connectivity index (χ2n) is 9.47. The first-order valence-electron chi connectivity index (χ1n) is 11.4. The number of hydrogen-bond acceptors (Lipinski definition) is 2. The summed E-state index contributed by atoms with van der Waals surface area (Å²) in [6.45, 7) is 6.59. The predicted molar refractivity (Wildman–Crippen MR) is 119 cm³/mol. The number of benzene rings is 2. The maximum atomic E-state index is 9.78. The van der Waals surface area contributed by atoms with E-state index in [1.54, 1.807) is 0 Å². The minimum atomic E-state index is -0.0565. The van der Waals surface area contributed by atoms with Crippen LogP contribution in [0, 0.1) is 11.3 Å². The lowest BCUT2D eigenvalue weighted by molar-refractivity contribution is 0.0842. The number of nitriles is 1. The van der Waals surface area contributed by atoms with Gasteiger partial charge in [0.2, 0.25) is 0 Å². The molecule has 2 nitrogen and oxygen atoms in total. The van der Waals surface area contributed by atoms with Gasteiger partial charge in [0.25, 0.3) is 0 Å². The Morgan fingerprint density at radius 1 is 1.10 bits per heavy atom. The summed E-state index contributed by atoms with van der Waals surface area (Å²) in [6, 6.07) is 13.6. The van der Waals surface area contributed by atoms with Crippen LogP contribution in [0.5, 0.6) is 5.75 Å². The number of hydrogen-bond donors (Lipinski definition) is 0. The summed E-state index contributed by atoms with van der Waals surface area (Å²) >= 11 is 0. The largest absolute Gasteiger partial charge is 0.488 e. The van der Waals surface area contributed by atoms with E-state index in [1.807, 2.05) is 0 Å². The highest BCUT2D eigenvalue weighted by Crippen LogP contribution is 2.42. The summed E-state index contributed by atoms with van der Waals surface area (Å²) in [6.07, 6.45) is 10.2. The van der Waals surface area contributed by atoms with Gasteiger partial charge in [0, 0.05) is 0 Å². The molecule has 2 aliphatic rings. The lowest BCUT2D eigenvalue weighted by Crippen LogP contribution is -2.33. The first kappa shape index (κ1) is 20.0. The van der Waals surface area contributed by atoms with Gasteiger partial charge in [-0.1, -0.05) is 38.0 Å². The van der Waals surface area contributed by atoms with Crippen molar-refractivity contribution in [3.8, 4) is 11.8 Å².